The zero-order chi connectivity index (χ0) is 15.2. The number of nitrogens with zero attached hydrogens (tertiary/aromatic N) is 2. The number of para-hydroxylation sites is 1. The van der Waals surface area contributed by atoms with Crippen molar-refractivity contribution in [1.82, 2.24) is 0 Å². The molecule has 0 N–H and O–H groups in total. The minimum atomic E-state index is -0.989. The van der Waals surface area contributed by atoms with E-state index in [0.29, 0.717) is 5.76 Å². The van der Waals surface area contributed by atoms with Crippen molar-refractivity contribution in [2.75, 3.05) is 6.61 Å². The first-order chi connectivity index (χ1) is 10.2. The van der Waals surface area contributed by atoms with E-state index in [2.05, 4.69) is 4.99 Å². The third-order valence-electron chi connectivity index (χ3n) is 2.99. The van der Waals surface area contributed by atoms with Gasteiger partial charge in [-0.25, -0.2) is 0 Å². The zero-order valence-electron chi connectivity index (χ0n) is 11.9. The molecule has 0 unspecified atom stereocenters. The van der Waals surface area contributed by atoms with Gasteiger partial charge in [0.15, 0.2) is 5.92 Å². The van der Waals surface area contributed by atoms with Crippen LogP contribution in [0.4, 0.5) is 0 Å². The van der Waals surface area contributed by atoms with Crippen LogP contribution in [-0.4, -0.2) is 18.8 Å². The molecule has 0 saturated heterocycles. The molecule has 2 aromatic rings. The van der Waals surface area contributed by atoms with Crippen LogP contribution in [0, 0.1) is 17.2 Å². The van der Waals surface area contributed by atoms with Crippen LogP contribution in [0.2, 0.25) is 0 Å². The highest BCUT2D eigenvalue weighted by Gasteiger charge is 2.17. The number of hydrogen-bond acceptors (Lipinski definition) is 5. The molecule has 0 aliphatic carbocycles. The fourth-order valence-electron chi connectivity index (χ4n) is 1.88. The number of aliphatic imine (C=N–C) groups is 1. The Morgan fingerprint density at radius 2 is 2.29 bits per heavy atom. The summed E-state index contributed by atoms with van der Waals surface area (Å²) in [5.41, 5.74) is 0.789. The van der Waals surface area contributed by atoms with Crippen molar-refractivity contribution in [3.05, 3.63) is 36.1 Å². The Morgan fingerprint density at radius 1 is 1.52 bits per heavy atom. The summed E-state index contributed by atoms with van der Waals surface area (Å²) in [6, 6.07) is 11.2. The molecular formula is C16H16N2O3. The molecule has 0 saturated carbocycles. The first kappa shape index (κ1) is 14.8. The average Bonchev–Trinajstić information content (AvgIpc) is 2.92. The number of rotatable bonds is 5. The second-order valence-corrected chi connectivity index (χ2v) is 4.52. The molecule has 1 heterocycles. The number of ether oxygens (including phenoxy) is 1. The van der Waals surface area contributed by atoms with E-state index in [0.717, 1.165) is 11.0 Å². The minimum absolute atomic E-state index is 0.240. The van der Waals surface area contributed by atoms with Crippen LogP contribution in [0.15, 0.2) is 39.7 Å². The number of fused-ring (bicyclic) bond motifs is 1. The first-order valence-corrected chi connectivity index (χ1v) is 6.73. The number of benzene rings is 1. The molecule has 5 nitrogen and oxygen atoms in total. The predicted molar refractivity (Wildman–Crippen MR) is 78.9 cm³/mol. The van der Waals surface area contributed by atoms with Crippen LogP contribution in [-0.2, 0) is 9.53 Å². The van der Waals surface area contributed by atoms with E-state index < -0.39 is 11.9 Å². The van der Waals surface area contributed by atoms with Gasteiger partial charge in [-0.15, -0.1) is 0 Å². The monoisotopic (exact) mass is 284 g/mol. The summed E-state index contributed by atoms with van der Waals surface area (Å²) < 4.78 is 10.5. The maximum Gasteiger partial charge on any atom is 0.328 e. The quantitative estimate of drug-likeness (QED) is 0.623. The van der Waals surface area contributed by atoms with Crippen LogP contribution < -0.4 is 0 Å². The van der Waals surface area contributed by atoms with Gasteiger partial charge in [0.25, 0.3) is 0 Å². The van der Waals surface area contributed by atoms with Crippen LogP contribution in [0.5, 0.6) is 0 Å². The lowest BCUT2D eigenvalue weighted by atomic mass is 10.2. The van der Waals surface area contributed by atoms with Crippen molar-refractivity contribution in [1.29, 1.82) is 5.26 Å². The normalized spacial score (nSPS) is 14.0. The van der Waals surface area contributed by atoms with Crippen molar-refractivity contribution in [3.63, 3.8) is 0 Å². The largest absolute Gasteiger partial charge is 0.465 e. The third-order valence-corrected chi connectivity index (χ3v) is 2.99. The SMILES string of the molecule is CCOC(=O)[C@H](C#N)C=N[C@H](C)c1cc2ccccc2o1. The molecule has 5 heteroatoms. The minimum Gasteiger partial charge on any atom is -0.465 e. The third kappa shape index (κ3) is 3.48. The number of esters is 1. The zero-order valence-corrected chi connectivity index (χ0v) is 11.9. The van der Waals surface area contributed by atoms with Crippen LogP contribution in [0.1, 0.15) is 25.6 Å². The van der Waals surface area contributed by atoms with Gasteiger partial charge in [-0.05, 0) is 26.0 Å². The van der Waals surface area contributed by atoms with E-state index >= 15 is 0 Å². The van der Waals surface area contributed by atoms with Crippen molar-refractivity contribution >= 4 is 23.2 Å². The van der Waals surface area contributed by atoms with E-state index in [1.165, 1.54) is 6.21 Å². The summed E-state index contributed by atoms with van der Waals surface area (Å²) in [6.45, 7) is 3.78. The first-order valence-electron chi connectivity index (χ1n) is 6.73. The van der Waals surface area contributed by atoms with Gasteiger partial charge < -0.3 is 9.15 Å². The molecule has 0 amide bonds. The standard InChI is InChI=1S/C16H16N2O3/c1-3-20-16(19)13(9-17)10-18-11(2)15-8-12-6-4-5-7-14(12)21-15/h4-8,10-11,13H,3H2,1-2H3/t11-,13-/m1/s1. The van der Waals surface area contributed by atoms with Crippen molar-refractivity contribution in [3.8, 4) is 6.07 Å². The second kappa shape index (κ2) is 6.71. The molecule has 2 atom stereocenters. The molecule has 0 bridgehead atoms. The highest BCUT2D eigenvalue weighted by atomic mass is 16.5. The Kier molecular flexibility index (Phi) is 4.72. The molecule has 2 rings (SSSR count). The highest BCUT2D eigenvalue weighted by Crippen LogP contribution is 2.25. The number of furan rings is 1. The second-order valence-electron chi connectivity index (χ2n) is 4.52. The molecule has 0 spiro atoms. The Balaban J connectivity index is 2.12. The summed E-state index contributed by atoms with van der Waals surface area (Å²) in [5.74, 6) is -0.884. The van der Waals surface area contributed by atoms with Crippen LogP contribution in [0.25, 0.3) is 11.0 Å². The molecule has 1 aromatic carbocycles. The number of nitriles is 1. The van der Waals surface area contributed by atoms with Gasteiger partial charge in [-0.3, -0.25) is 9.79 Å². The number of hydrogen-bond donors (Lipinski definition) is 0. The Bertz CT molecular complexity index is 664. The maximum absolute atomic E-state index is 11.5. The lowest BCUT2D eigenvalue weighted by molar-refractivity contribution is -0.143. The van der Waals surface area contributed by atoms with Gasteiger partial charge in [0.1, 0.15) is 17.4 Å². The smallest absolute Gasteiger partial charge is 0.328 e. The van der Waals surface area contributed by atoms with Gasteiger partial charge in [-0.1, -0.05) is 18.2 Å². The van der Waals surface area contributed by atoms with Crippen molar-refractivity contribution < 1.29 is 13.9 Å². The molecule has 0 aliphatic rings. The molecular weight excluding hydrogens is 268 g/mol. The lowest BCUT2D eigenvalue weighted by Gasteiger charge is -2.05. The molecule has 0 fully saturated rings. The molecule has 21 heavy (non-hydrogen) atoms. The van der Waals surface area contributed by atoms with Gasteiger partial charge in [-0.2, -0.15) is 5.26 Å². The Hall–Kier alpha value is -2.61. The predicted octanol–water partition coefficient (Wildman–Crippen LogP) is 3.27. The summed E-state index contributed by atoms with van der Waals surface area (Å²) >= 11 is 0. The van der Waals surface area contributed by atoms with E-state index in [9.17, 15) is 4.79 Å². The topological polar surface area (TPSA) is 75.6 Å². The Labute approximate surface area is 122 Å². The van der Waals surface area contributed by atoms with Gasteiger partial charge >= 0.3 is 5.97 Å². The van der Waals surface area contributed by atoms with E-state index in [1.807, 2.05) is 43.3 Å². The molecule has 1 aromatic heterocycles. The van der Waals surface area contributed by atoms with E-state index in [-0.39, 0.29) is 12.6 Å². The maximum atomic E-state index is 11.5. The number of carbonyl (C=O) groups excluding carboxylic acids is 1. The molecule has 0 radical (unpaired) electrons. The summed E-state index contributed by atoms with van der Waals surface area (Å²) in [5, 5.41) is 9.95. The molecule has 108 valence electrons. The molecule has 0 aliphatic heterocycles. The fraction of sp³-hybridized carbons (Fsp3) is 0.312. The van der Waals surface area contributed by atoms with E-state index in [1.54, 1.807) is 6.92 Å². The summed E-state index contributed by atoms with van der Waals surface area (Å²) in [4.78, 5) is 15.7. The fourth-order valence-corrected chi connectivity index (χ4v) is 1.88. The van der Waals surface area contributed by atoms with Gasteiger partial charge in [0.05, 0.1) is 12.7 Å². The summed E-state index contributed by atoms with van der Waals surface area (Å²) in [6.07, 6.45) is 1.32. The highest BCUT2D eigenvalue weighted by molar-refractivity contribution is 5.93. The van der Waals surface area contributed by atoms with Crippen LogP contribution >= 0.6 is 0 Å². The van der Waals surface area contributed by atoms with Gasteiger partial charge in [0.2, 0.25) is 0 Å². The van der Waals surface area contributed by atoms with Crippen molar-refractivity contribution in [2.24, 2.45) is 10.9 Å². The lowest BCUT2D eigenvalue weighted by Crippen LogP contribution is -2.17. The summed E-state index contributed by atoms with van der Waals surface area (Å²) in [7, 11) is 0. The number of carbonyl (C=O) groups is 1. The van der Waals surface area contributed by atoms with Gasteiger partial charge in [0, 0.05) is 11.6 Å². The van der Waals surface area contributed by atoms with E-state index in [4.69, 9.17) is 14.4 Å². The average molecular weight is 284 g/mol. The van der Waals surface area contributed by atoms with Crippen molar-refractivity contribution in [2.45, 2.75) is 19.9 Å². The Morgan fingerprint density at radius 3 is 2.95 bits per heavy atom. The van der Waals surface area contributed by atoms with Crippen LogP contribution in [0.3, 0.4) is 0 Å².